The largest absolute Gasteiger partial charge is 0.309 e. The first-order chi connectivity index (χ1) is 9.42. The normalized spacial score (nSPS) is 29.3. The van der Waals surface area contributed by atoms with Gasteiger partial charge in [-0.25, -0.2) is 0 Å². The third-order valence-corrected chi connectivity index (χ3v) is 5.55. The topological polar surface area (TPSA) is 15.3 Å². The van der Waals surface area contributed by atoms with Crippen LogP contribution in [0.25, 0.3) is 0 Å². The smallest absolute Gasteiger partial charge is 0.0449 e. The molecule has 1 aromatic carbocycles. The number of nitrogens with one attached hydrogen (secondary N) is 1. The van der Waals surface area contributed by atoms with Gasteiger partial charge in [0.05, 0.1) is 0 Å². The lowest BCUT2D eigenvalue weighted by atomic mass is 10.1. The highest BCUT2D eigenvalue weighted by atomic mass is 32.2. The molecule has 1 aromatic rings. The molecule has 1 N–H and O–H groups in total. The van der Waals surface area contributed by atoms with Crippen LogP contribution >= 0.6 is 11.8 Å². The zero-order chi connectivity index (χ0) is 12.9. The predicted molar refractivity (Wildman–Crippen MR) is 83.7 cm³/mol. The SMILES string of the molecule is c1ccc(C2CN(CC3CCCS3)CCCN2)cc1. The van der Waals surface area contributed by atoms with Crippen LogP contribution in [-0.2, 0) is 0 Å². The van der Waals surface area contributed by atoms with Gasteiger partial charge in [-0.05, 0) is 43.7 Å². The highest BCUT2D eigenvalue weighted by molar-refractivity contribution is 8.00. The third-order valence-electron chi connectivity index (χ3n) is 4.17. The van der Waals surface area contributed by atoms with E-state index >= 15 is 0 Å². The molecule has 2 unspecified atom stereocenters. The second-order valence-corrected chi connectivity index (χ2v) is 7.07. The molecule has 0 spiro atoms. The van der Waals surface area contributed by atoms with E-state index < -0.39 is 0 Å². The number of benzene rings is 1. The van der Waals surface area contributed by atoms with Crippen LogP contribution in [0.5, 0.6) is 0 Å². The van der Waals surface area contributed by atoms with E-state index in [0.717, 1.165) is 11.8 Å². The van der Waals surface area contributed by atoms with Crippen LogP contribution in [0.15, 0.2) is 30.3 Å². The molecule has 2 saturated heterocycles. The van der Waals surface area contributed by atoms with Gasteiger partial charge in [0.25, 0.3) is 0 Å². The summed E-state index contributed by atoms with van der Waals surface area (Å²) < 4.78 is 0. The molecule has 2 nitrogen and oxygen atoms in total. The molecule has 2 aliphatic heterocycles. The Labute approximate surface area is 121 Å². The van der Waals surface area contributed by atoms with Crippen LogP contribution < -0.4 is 5.32 Å². The van der Waals surface area contributed by atoms with E-state index in [1.807, 2.05) is 0 Å². The Hall–Kier alpha value is -0.510. The monoisotopic (exact) mass is 276 g/mol. The average molecular weight is 276 g/mol. The molecule has 0 aliphatic carbocycles. The number of nitrogens with zero attached hydrogens (tertiary/aromatic N) is 1. The van der Waals surface area contributed by atoms with Crippen molar-refractivity contribution in [3.05, 3.63) is 35.9 Å². The van der Waals surface area contributed by atoms with E-state index in [9.17, 15) is 0 Å². The van der Waals surface area contributed by atoms with Crippen LogP contribution in [0, 0.1) is 0 Å². The minimum Gasteiger partial charge on any atom is -0.309 e. The van der Waals surface area contributed by atoms with Gasteiger partial charge < -0.3 is 10.2 Å². The first-order valence-electron chi connectivity index (χ1n) is 7.54. The molecule has 2 heterocycles. The molecule has 3 heteroatoms. The van der Waals surface area contributed by atoms with Gasteiger partial charge in [0, 0.05) is 24.4 Å². The summed E-state index contributed by atoms with van der Waals surface area (Å²) >= 11 is 2.18. The van der Waals surface area contributed by atoms with Crippen LogP contribution in [-0.4, -0.2) is 42.1 Å². The van der Waals surface area contributed by atoms with Crippen LogP contribution in [0.1, 0.15) is 30.9 Å². The van der Waals surface area contributed by atoms with E-state index in [4.69, 9.17) is 0 Å². The van der Waals surface area contributed by atoms with Gasteiger partial charge in [0.2, 0.25) is 0 Å². The molecule has 3 rings (SSSR count). The number of rotatable bonds is 3. The standard InChI is InChI=1S/C16H24N2S/c1-2-6-14(7-3-1)16-13-18(10-5-9-17-16)12-15-8-4-11-19-15/h1-3,6-7,15-17H,4-5,8-13H2. The van der Waals surface area contributed by atoms with E-state index in [0.29, 0.717) is 6.04 Å². The van der Waals surface area contributed by atoms with Crippen LogP contribution in [0.2, 0.25) is 0 Å². The maximum Gasteiger partial charge on any atom is 0.0449 e. The van der Waals surface area contributed by atoms with Gasteiger partial charge >= 0.3 is 0 Å². The molecule has 0 amide bonds. The zero-order valence-electron chi connectivity index (χ0n) is 11.6. The maximum atomic E-state index is 3.70. The van der Waals surface area contributed by atoms with Gasteiger partial charge in [-0.1, -0.05) is 30.3 Å². The quantitative estimate of drug-likeness (QED) is 0.914. The van der Waals surface area contributed by atoms with Crippen molar-refractivity contribution >= 4 is 11.8 Å². The molecule has 2 fully saturated rings. The third kappa shape index (κ3) is 3.74. The van der Waals surface area contributed by atoms with Crippen molar-refractivity contribution in [2.45, 2.75) is 30.6 Å². The van der Waals surface area contributed by atoms with Crippen molar-refractivity contribution < 1.29 is 0 Å². The summed E-state index contributed by atoms with van der Waals surface area (Å²) in [5, 5.41) is 4.59. The lowest BCUT2D eigenvalue weighted by Crippen LogP contribution is -2.35. The summed E-state index contributed by atoms with van der Waals surface area (Å²) in [6, 6.07) is 11.4. The molecule has 2 atom stereocenters. The Bertz CT molecular complexity index is 376. The fourth-order valence-electron chi connectivity index (χ4n) is 3.14. The Morgan fingerprint density at radius 2 is 2.11 bits per heavy atom. The van der Waals surface area contributed by atoms with Gasteiger partial charge in [-0.15, -0.1) is 0 Å². The Morgan fingerprint density at radius 3 is 2.89 bits per heavy atom. The first-order valence-corrected chi connectivity index (χ1v) is 8.59. The van der Waals surface area contributed by atoms with Crippen molar-refractivity contribution in [2.24, 2.45) is 0 Å². The summed E-state index contributed by atoms with van der Waals surface area (Å²) in [6.07, 6.45) is 4.12. The predicted octanol–water partition coefficient (Wildman–Crippen LogP) is 2.92. The molecule has 0 saturated carbocycles. The van der Waals surface area contributed by atoms with E-state index in [-0.39, 0.29) is 0 Å². The van der Waals surface area contributed by atoms with Crippen molar-refractivity contribution in [1.82, 2.24) is 10.2 Å². The molecule has 2 aliphatic rings. The van der Waals surface area contributed by atoms with Crippen molar-refractivity contribution in [3.63, 3.8) is 0 Å². The maximum absolute atomic E-state index is 3.70. The molecule has 0 bridgehead atoms. The van der Waals surface area contributed by atoms with Crippen molar-refractivity contribution in [2.75, 3.05) is 31.9 Å². The molecule has 104 valence electrons. The second-order valence-electron chi connectivity index (χ2n) is 5.67. The average Bonchev–Trinajstić information content (AvgIpc) is 2.84. The van der Waals surface area contributed by atoms with Crippen molar-refractivity contribution in [1.29, 1.82) is 0 Å². The molecule has 0 radical (unpaired) electrons. The molecule has 0 aromatic heterocycles. The summed E-state index contributed by atoms with van der Waals surface area (Å²) in [7, 11) is 0. The minimum atomic E-state index is 0.509. The second kappa shape index (κ2) is 6.78. The number of thioether (sulfide) groups is 1. The molecular weight excluding hydrogens is 252 g/mol. The van der Waals surface area contributed by atoms with Gasteiger partial charge in [-0.3, -0.25) is 0 Å². The fraction of sp³-hybridized carbons (Fsp3) is 0.625. The lowest BCUT2D eigenvalue weighted by Gasteiger charge is -2.26. The van der Waals surface area contributed by atoms with Gasteiger partial charge in [0.1, 0.15) is 0 Å². The number of hydrogen-bond donors (Lipinski definition) is 1. The summed E-state index contributed by atoms with van der Waals surface area (Å²) in [6.45, 7) is 4.86. The Kier molecular flexibility index (Phi) is 4.81. The van der Waals surface area contributed by atoms with E-state index in [1.54, 1.807) is 0 Å². The van der Waals surface area contributed by atoms with Gasteiger partial charge in [0.15, 0.2) is 0 Å². The van der Waals surface area contributed by atoms with E-state index in [1.165, 1.54) is 50.2 Å². The molecular formula is C16H24N2S. The Morgan fingerprint density at radius 1 is 1.21 bits per heavy atom. The minimum absolute atomic E-state index is 0.509. The van der Waals surface area contributed by atoms with Crippen LogP contribution in [0.4, 0.5) is 0 Å². The summed E-state index contributed by atoms with van der Waals surface area (Å²) in [4.78, 5) is 2.68. The molecule has 19 heavy (non-hydrogen) atoms. The van der Waals surface area contributed by atoms with Crippen molar-refractivity contribution in [3.8, 4) is 0 Å². The van der Waals surface area contributed by atoms with Crippen LogP contribution in [0.3, 0.4) is 0 Å². The lowest BCUT2D eigenvalue weighted by molar-refractivity contribution is 0.268. The summed E-state index contributed by atoms with van der Waals surface area (Å²) in [5.74, 6) is 1.37. The zero-order valence-corrected chi connectivity index (χ0v) is 12.4. The van der Waals surface area contributed by atoms with E-state index in [2.05, 4.69) is 52.3 Å². The summed E-state index contributed by atoms with van der Waals surface area (Å²) in [5.41, 5.74) is 1.44. The van der Waals surface area contributed by atoms with Gasteiger partial charge in [-0.2, -0.15) is 11.8 Å². The first kappa shape index (κ1) is 13.5. The highest BCUT2D eigenvalue weighted by Gasteiger charge is 2.23. The Balaban J connectivity index is 1.62. The highest BCUT2D eigenvalue weighted by Crippen LogP contribution is 2.27. The fourth-order valence-corrected chi connectivity index (χ4v) is 4.46. The number of hydrogen-bond acceptors (Lipinski definition) is 3.